The summed E-state index contributed by atoms with van der Waals surface area (Å²) in [4.78, 5) is 4.83. The average molecular weight is 253 g/mol. The molecule has 0 bridgehead atoms. The van der Waals surface area contributed by atoms with Gasteiger partial charge in [0.15, 0.2) is 0 Å². The Morgan fingerprint density at radius 3 is 2.33 bits per heavy atom. The Morgan fingerprint density at radius 2 is 1.61 bits per heavy atom. The van der Waals surface area contributed by atoms with Gasteiger partial charge in [-0.25, -0.2) is 0 Å². The molecule has 0 radical (unpaired) electrons. The van der Waals surface area contributed by atoms with Crippen LogP contribution in [0.15, 0.2) is 65.7 Å². The Morgan fingerprint density at radius 1 is 0.944 bits per heavy atom. The van der Waals surface area contributed by atoms with Crippen LogP contribution in [0.3, 0.4) is 0 Å². The first-order valence-electron chi connectivity index (χ1n) is 6.22. The maximum Gasteiger partial charge on any atom is 0.0981 e. The minimum absolute atomic E-state index is 0.424. The van der Waals surface area contributed by atoms with Gasteiger partial charge >= 0.3 is 0 Å². The molecule has 90 valence electrons. The molecule has 0 saturated carbocycles. The molecule has 1 aliphatic rings. The van der Waals surface area contributed by atoms with Gasteiger partial charge in [0.25, 0.3) is 0 Å². The van der Waals surface area contributed by atoms with Gasteiger partial charge in [0.2, 0.25) is 0 Å². The molecule has 3 rings (SSSR count). The topological polar surface area (TPSA) is 12.4 Å². The van der Waals surface area contributed by atoms with E-state index < -0.39 is 0 Å². The van der Waals surface area contributed by atoms with E-state index in [1.54, 1.807) is 0 Å². The molecular formula is C16H15NS. The first-order valence-corrected chi connectivity index (χ1v) is 7.20. The summed E-state index contributed by atoms with van der Waals surface area (Å²) < 4.78 is 0. The van der Waals surface area contributed by atoms with Gasteiger partial charge in [-0.1, -0.05) is 60.7 Å². The molecule has 0 saturated heterocycles. The van der Waals surface area contributed by atoms with Gasteiger partial charge in [-0.3, -0.25) is 4.99 Å². The van der Waals surface area contributed by atoms with Crippen molar-refractivity contribution in [3.63, 3.8) is 0 Å². The summed E-state index contributed by atoms with van der Waals surface area (Å²) in [5.74, 6) is 1.10. The number of hydrogen-bond donors (Lipinski definition) is 0. The van der Waals surface area contributed by atoms with Crippen LogP contribution in [0.5, 0.6) is 0 Å². The quantitative estimate of drug-likeness (QED) is 0.810. The third-order valence-corrected chi connectivity index (χ3v) is 4.21. The highest BCUT2D eigenvalue weighted by atomic mass is 32.2. The van der Waals surface area contributed by atoms with E-state index in [9.17, 15) is 0 Å². The Kier molecular flexibility index (Phi) is 3.47. The minimum Gasteiger partial charge on any atom is -0.273 e. The summed E-state index contributed by atoms with van der Waals surface area (Å²) in [6, 6.07) is 21.5. The molecule has 1 heterocycles. The van der Waals surface area contributed by atoms with E-state index in [0.717, 1.165) is 12.2 Å². The van der Waals surface area contributed by atoms with Gasteiger partial charge in [-0.2, -0.15) is 0 Å². The number of thioether (sulfide) groups is 1. The molecule has 0 N–H and O–H groups in total. The van der Waals surface area contributed by atoms with E-state index in [2.05, 4.69) is 54.6 Å². The predicted octanol–water partition coefficient (Wildman–Crippen LogP) is 3.79. The molecule has 18 heavy (non-hydrogen) atoms. The SMILES string of the molecule is c1ccc(C[C@H]2CSC(c3ccccc3)=N2)cc1. The van der Waals surface area contributed by atoms with Crippen LogP contribution < -0.4 is 0 Å². The third-order valence-electron chi connectivity index (χ3n) is 3.05. The van der Waals surface area contributed by atoms with Gasteiger partial charge in [0.05, 0.1) is 11.1 Å². The van der Waals surface area contributed by atoms with Crippen LogP contribution in [0, 0.1) is 0 Å². The second-order valence-corrected chi connectivity index (χ2v) is 5.46. The van der Waals surface area contributed by atoms with E-state index in [0.29, 0.717) is 6.04 Å². The van der Waals surface area contributed by atoms with Crippen molar-refractivity contribution in [2.45, 2.75) is 12.5 Å². The highest BCUT2D eigenvalue weighted by Crippen LogP contribution is 2.25. The molecule has 0 fully saturated rings. The fraction of sp³-hybridized carbons (Fsp3) is 0.188. The smallest absolute Gasteiger partial charge is 0.0981 e. The molecule has 2 heteroatoms. The molecular weight excluding hydrogens is 238 g/mol. The molecule has 2 aromatic rings. The number of rotatable bonds is 3. The number of hydrogen-bond acceptors (Lipinski definition) is 2. The zero-order valence-corrected chi connectivity index (χ0v) is 10.9. The lowest BCUT2D eigenvalue weighted by atomic mass is 10.1. The lowest BCUT2D eigenvalue weighted by Crippen LogP contribution is -2.07. The van der Waals surface area contributed by atoms with Crippen molar-refractivity contribution in [3.8, 4) is 0 Å². The van der Waals surface area contributed by atoms with Crippen LogP contribution in [-0.2, 0) is 6.42 Å². The summed E-state index contributed by atoms with van der Waals surface area (Å²) in [7, 11) is 0. The second kappa shape index (κ2) is 5.40. The van der Waals surface area contributed by atoms with Crippen LogP contribution in [-0.4, -0.2) is 16.8 Å². The zero-order valence-electron chi connectivity index (χ0n) is 10.1. The van der Waals surface area contributed by atoms with E-state index in [-0.39, 0.29) is 0 Å². The van der Waals surface area contributed by atoms with Gasteiger partial charge < -0.3 is 0 Å². The molecule has 0 amide bonds. The van der Waals surface area contributed by atoms with E-state index >= 15 is 0 Å². The normalized spacial score (nSPS) is 18.7. The largest absolute Gasteiger partial charge is 0.273 e. The molecule has 0 spiro atoms. The molecule has 1 nitrogen and oxygen atoms in total. The molecule has 2 aromatic carbocycles. The predicted molar refractivity (Wildman–Crippen MR) is 79.4 cm³/mol. The zero-order chi connectivity index (χ0) is 12.2. The second-order valence-electron chi connectivity index (χ2n) is 4.45. The molecule has 0 aliphatic carbocycles. The van der Waals surface area contributed by atoms with Crippen LogP contribution in [0.4, 0.5) is 0 Å². The Balaban J connectivity index is 1.73. The van der Waals surface area contributed by atoms with Crippen LogP contribution in [0.25, 0.3) is 0 Å². The first-order chi connectivity index (χ1) is 8.92. The highest BCUT2D eigenvalue weighted by molar-refractivity contribution is 8.14. The Labute approximate surface area is 112 Å². The monoisotopic (exact) mass is 253 g/mol. The third kappa shape index (κ3) is 2.65. The maximum absolute atomic E-state index is 4.83. The van der Waals surface area contributed by atoms with Crippen molar-refractivity contribution in [2.75, 3.05) is 5.75 Å². The van der Waals surface area contributed by atoms with E-state index in [1.807, 2.05) is 17.8 Å². The summed E-state index contributed by atoms with van der Waals surface area (Å²) in [5, 5.41) is 1.19. The summed E-state index contributed by atoms with van der Waals surface area (Å²) in [6.07, 6.45) is 1.05. The van der Waals surface area contributed by atoms with Crippen LogP contribution in [0.1, 0.15) is 11.1 Å². The number of nitrogens with zero attached hydrogens (tertiary/aromatic N) is 1. The van der Waals surface area contributed by atoms with E-state index in [1.165, 1.54) is 16.2 Å². The minimum atomic E-state index is 0.424. The van der Waals surface area contributed by atoms with Gasteiger partial charge in [-0.05, 0) is 12.0 Å². The summed E-state index contributed by atoms with van der Waals surface area (Å²) >= 11 is 1.87. The summed E-state index contributed by atoms with van der Waals surface area (Å²) in [6.45, 7) is 0. The summed E-state index contributed by atoms with van der Waals surface area (Å²) in [5.41, 5.74) is 2.62. The molecule has 1 aliphatic heterocycles. The van der Waals surface area contributed by atoms with Crippen molar-refractivity contribution < 1.29 is 0 Å². The molecule has 1 atom stereocenters. The average Bonchev–Trinajstić information content (AvgIpc) is 2.89. The Bertz CT molecular complexity index is 534. The van der Waals surface area contributed by atoms with Crippen molar-refractivity contribution in [1.29, 1.82) is 0 Å². The Hall–Kier alpha value is -1.54. The molecule has 0 unspecified atom stereocenters. The number of aliphatic imine (C=N–C) groups is 1. The number of benzene rings is 2. The highest BCUT2D eigenvalue weighted by Gasteiger charge is 2.19. The van der Waals surface area contributed by atoms with Crippen molar-refractivity contribution in [2.24, 2.45) is 4.99 Å². The lowest BCUT2D eigenvalue weighted by Gasteiger charge is -2.04. The first kappa shape index (κ1) is 11.5. The van der Waals surface area contributed by atoms with Crippen LogP contribution >= 0.6 is 11.8 Å². The van der Waals surface area contributed by atoms with Crippen molar-refractivity contribution >= 4 is 16.8 Å². The molecule has 0 aromatic heterocycles. The maximum atomic E-state index is 4.83. The lowest BCUT2D eigenvalue weighted by molar-refractivity contribution is 0.763. The van der Waals surface area contributed by atoms with Gasteiger partial charge in [0, 0.05) is 11.3 Å². The van der Waals surface area contributed by atoms with E-state index in [4.69, 9.17) is 4.99 Å². The standard InChI is InChI=1S/C16H15NS/c1-3-7-13(8-4-1)11-15-12-18-16(17-15)14-9-5-2-6-10-14/h1-10,15H,11-12H2/t15-/m0/s1. The van der Waals surface area contributed by atoms with Gasteiger partial charge in [-0.15, -0.1) is 11.8 Å². The fourth-order valence-electron chi connectivity index (χ4n) is 2.14. The van der Waals surface area contributed by atoms with Crippen molar-refractivity contribution in [1.82, 2.24) is 0 Å². The fourth-order valence-corrected chi connectivity index (χ4v) is 3.21. The van der Waals surface area contributed by atoms with Gasteiger partial charge in [0.1, 0.15) is 0 Å². The van der Waals surface area contributed by atoms with Crippen molar-refractivity contribution in [3.05, 3.63) is 71.8 Å². The van der Waals surface area contributed by atoms with Crippen LogP contribution in [0.2, 0.25) is 0 Å².